The van der Waals surface area contributed by atoms with Crippen molar-refractivity contribution in [1.82, 2.24) is 16.0 Å². The summed E-state index contributed by atoms with van der Waals surface area (Å²) in [5.41, 5.74) is 10.4. The molecule has 0 radical (unpaired) electrons. The molecule has 0 aromatic carbocycles. The van der Waals surface area contributed by atoms with Gasteiger partial charge in [0.25, 0.3) is 0 Å². The van der Waals surface area contributed by atoms with E-state index >= 15 is 0 Å². The molecule has 148 valence electrons. The lowest BCUT2D eigenvalue weighted by molar-refractivity contribution is -0.142. The van der Waals surface area contributed by atoms with Gasteiger partial charge in [-0.1, -0.05) is 0 Å². The second-order valence-electron chi connectivity index (χ2n) is 5.67. The smallest absolute Gasteiger partial charge is 0.326 e. The SMILES string of the molecule is CC(N)C(=O)NC(CS)C(=O)NC(C)C(=O)NC(CCC(N)=O)C(=O)O. The molecule has 0 saturated carbocycles. The Morgan fingerprint density at radius 2 is 1.50 bits per heavy atom. The third-order valence-corrected chi connectivity index (χ3v) is 3.64. The summed E-state index contributed by atoms with van der Waals surface area (Å²) in [5, 5.41) is 16.0. The number of carbonyl (C=O) groups excluding carboxylic acids is 4. The Labute approximate surface area is 156 Å². The van der Waals surface area contributed by atoms with E-state index in [4.69, 9.17) is 16.6 Å². The first-order valence-electron chi connectivity index (χ1n) is 7.78. The Kier molecular flexibility index (Phi) is 10.3. The first-order chi connectivity index (χ1) is 12.0. The van der Waals surface area contributed by atoms with Crippen molar-refractivity contribution in [2.45, 2.75) is 50.9 Å². The van der Waals surface area contributed by atoms with Crippen LogP contribution in [0.15, 0.2) is 0 Å². The highest BCUT2D eigenvalue weighted by atomic mass is 32.1. The highest BCUT2D eigenvalue weighted by Crippen LogP contribution is 1.99. The van der Waals surface area contributed by atoms with Gasteiger partial charge in [-0.15, -0.1) is 0 Å². The first-order valence-corrected chi connectivity index (χ1v) is 8.41. The van der Waals surface area contributed by atoms with Crippen LogP contribution in [0.25, 0.3) is 0 Å². The standard InChI is InChI=1S/C14H25N5O6S/c1-6(15)11(21)19-9(5-26)13(23)17-7(2)12(22)18-8(14(24)25)3-4-10(16)20/h6-9,26H,3-5,15H2,1-2H3,(H2,16,20)(H,17,23)(H,18,22)(H,19,21)(H,24,25). The maximum Gasteiger partial charge on any atom is 0.326 e. The van der Waals surface area contributed by atoms with Crippen LogP contribution in [0.5, 0.6) is 0 Å². The molecule has 0 bridgehead atoms. The molecule has 0 aromatic heterocycles. The number of nitrogens with one attached hydrogen (secondary N) is 3. The van der Waals surface area contributed by atoms with Crippen molar-refractivity contribution in [3.63, 3.8) is 0 Å². The zero-order valence-corrected chi connectivity index (χ0v) is 15.4. The molecule has 0 aliphatic rings. The van der Waals surface area contributed by atoms with Gasteiger partial charge in [0.1, 0.15) is 18.1 Å². The highest BCUT2D eigenvalue weighted by Gasteiger charge is 2.27. The van der Waals surface area contributed by atoms with Crippen molar-refractivity contribution in [3.05, 3.63) is 0 Å². The van der Waals surface area contributed by atoms with Crippen LogP contribution in [0.4, 0.5) is 0 Å². The molecule has 12 heteroatoms. The van der Waals surface area contributed by atoms with Gasteiger partial charge in [-0.25, -0.2) is 4.79 Å². The third-order valence-electron chi connectivity index (χ3n) is 3.28. The van der Waals surface area contributed by atoms with Crippen LogP contribution in [0.3, 0.4) is 0 Å². The van der Waals surface area contributed by atoms with E-state index in [0.29, 0.717) is 0 Å². The summed E-state index contributed by atoms with van der Waals surface area (Å²) < 4.78 is 0. The number of thiol groups is 1. The lowest BCUT2D eigenvalue weighted by atomic mass is 10.1. The van der Waals surface area contributed by atoms with Crippen LogP contribution in [-0.2, 0) is 24.0 Å². The van der Waals surface area contributed by atoms with E-state index < -0.39 is 53.8 Å². The predicted octanol–water partition coefficient (Wildman–Crippen LogP) is -2.91. The number of nitrogens with two attached hydrogens (primary N) is 2. The molecule has 0 fully saturated rings. The summed E-state index contributed by atoms with van der Waals surface area (Å²) in [5.74, 6) is -4.08. The van der Waals surface area contributed by atoms with Crippen molar-refractivity contribution >= 4 is 42.2 Å². The normalized spacial score (nSPS) is 15.1. The molecule has 0 aliphatic heterocycles. The van der Waals surface area contributed by atoms with Gasteiger partial charge in [-0.2, -0.15) is 12.6 Å². The summed E-state index contributed by atoms with van der Waals surface area (Å²) in [6.07, 6.45) is -0.399. The average Bonchev–Trinajstić information content (AvgIpc) is 2.54. The van der Waals surface area contributed by atoms with Crippen LogP contribution in [-0.4, -0.2) is 64.6 Å². The molecular formula is C14H25N5O6S. The fourth-order valence-corrected chi connectivity index (χ4v) is 1.97. The summed E-state index contributed by atoms with van der Waals surface area (Å²) in [7, 11) is 0. The lowest BCUT2D eigenvalue weighted by Gasteiger charge is -2.22. The van der Waals surface area contributed by atoms with Gasteiger partial charge < -0.3 is 32.5 Å². The Hall–Kier alpha value is -2.34. The zero-order valence-electron chi connectivity index (χ0n) is 14.5. The van der Waals surface area contributed by atoms with E-state index in [1.54, 1.807) is 0 Å². The minimum atomic E-state index is -1.34. The third kappa shape index (κ3) is 8.67. The molecule has 0 spiro atoms. The Bertz CT molecular complexity index is 556. The predicted molar refractivity (Wildman–Crippen MR) is 95.0 cm³/mol. The second kappa shape index (κ2) is 11.3. The topological polar surface area (TPSA) is 194 Å². The molecule has 11 nitrogen and oxygen atoms in total. The number of aliphatic carboxylic acids is 1. The zero-order chi connectivity index (χ0) is 20.4. The number of carboxylic acid groups (broad SMARTS) is 1. The fraction of sp³-hybridized carbons (Fsp3) is 0.643. The molecule has 0 aliphatic carbocycles. The van der Waals surface area contributed by atoms with E-state index in [2.05, 4.69) is 28.6 Å². The van der Waals surface area contributed by atoms with E-state index in [1.807, 2.05) is 0 Å². The summed E-state index contributed by atoms with van der Waals surface area (Å²) in [6.45, 7) is 2.78. The van der Waals surface area contributed by atoms with Gasteiger partial charge in [-0.05, 0) is 20.3 Å². The van der Waals surface area contributed by atoms with Gasteiger partial charge in [-0.3, -0.25) is 19.2 Å². The number of amides is 4. The summed E-state index contributed by atoms with van der Waals surface area (Å²) in [4.78, 5) is 57.6. The fourth-order valence-electron chi connectivity index (χ4n) is 1.72. The summed E-state index contributed by atoms with van der Waals surface area (Å²) in [6, 6.07) is -4.26. The lowest BCUT2D eigenvalue weighted by Crippen LogP contribution is -2.56. The van der Waals surface area contributed by atoms with Crippen molar-refractivity contribution < 1.29 is 29.1 Å². The molecule has 8 N–H and O–H groups in total. The van der Waals surface area contributed by atoms with E-state index in [-0.39, 0.29) is 18.6 Å². The molecular weight excluding hydrogens is 366 g/mol. The Morgan fingerprint density at radius 1 is 0.962 bits per heavy atom. The molecule has 0 heterocycles. The molecule has 4 amide bonds. The molecule has 0 aromatic rings. The Morgan fingerprint density at radius 3 is 1.92 bits per heavy atom. The monoisotopic (exact) mass is 391 g/mol. The quantitative estimate of drug-likeness (QED) is 0.183. The van der Waals surface area contributed by atoms with Gasteiger partial charge in [0.05, 0.1) is 6.04 Å². The number of carboxylic acids is 1. The van der Waals surface area contributed by atoms with Gasteiger partial charge >= 0.3 is 5.97 Å². The van der Waals surface area contributed by atoms with Gasteiger partial charge in [0.15, 0.2) is 0 Å². The van der Waals surface area contributed by atoms with Crippen molar-refractivity contribution in [2.24, 2.45) is 11.5 Å². The van der Waals surface area contributed by atoms with E-state index in [0.717, 1.165) is 0 Å². The molecule has 4 unspecified atom stereocenters. The van der Waals surface area contributed by atoms with Crippen LogP contribution in [0, 0.1) is 0 Å². The van der Waals surface area contributed by atoms with Crippen LogP contribution in [0.2, 0.25) is 0 Å². The maximum absolute atomic E-state index is 12.1. The first kappa shape index (κ1) is 23.7. The number of rotatable bonds is 11. The van der Waals surface area contributed by atoms with Crippen molar-refractivity contribution in [1.29, 1.82) is 0 Å². The summed E-state index contributed by atoms with van der Waals surface area (Å²) >= 11 is 3.96. The Balaban J connectivity index is 4.75. The molecule has 0 rings (SSSR count). The van der Waals surface area contributed by atoms with Gasteiger partial charge in [0.2, 0.25) is 23.6 Å². The van der Waals surface area contributed by atoms with Crippen molar-refractivity contribution in [2.75, 3.05) is 5.75 Å². The van der Waals surface area contributed by atoms with E-state index in [1.165, 1.54) is 13.8 Å². The van der Waals surface area contributed by atoms with Crippen LogP contribution < -0.4 is 27.4 Å². The second-order valence-corrected chi connectivity index (χ2v) is 6.03. The minimum Gasteiger partial charge on any atom is -0.480 e. The minimum absolute atomic E-state index is 0.0327. The largest absolute Gasteiger partial charge is 0.480 e. The van der Waals surface area contributed by atoms with Crippen LogP contribution in [0.1, 0.15) is 26.7 Å². The maximum atomic E-state index is 12.1. The molecule has 4 atom stereocenters. The van der Waals surface area contributed by atoms with E-state index in [9.17, 15) is 24.0 Å². The molecule has 0 saturated heterocycles. The number of carbonyl (C=O) groups is 5. The highest BCUT2D eigenvalue weighted by molar-refractivity contribution is 7.80. The molecule has 26 heavy (non-hydrogen) atoms. The van der Waals surface area contributed by atoms with Crippen LogP contribution >= 0.6 is 12.6 Å². The number of primary amides is 1. The van der Waals surface area contributed by atoms with Gasteiger partial charge in [0, 0.05) is 12.2 Å². The average molecular weight is 391 g/mol. The van der Waals surface area contributed by atoms with Crippen molar-refractivity contribution in [3.8, 4) is 0 Å². The number of hydrogen-bond donors (Lipinski definition) is 7. The number of hydrogen-bond acceptors (Lipinski definition) is 7.